The molecule has 0 aliphatic carbocycles. The number of hydrogen-bond acceptors (Lipinski definition) is 4. The molecule has 0 radical (unpaired) electrons. The van der Waals surface area contributed by atoms with Crippen LogP contribution < -0.4 is 0 Å². The number of carbonyl (C=O) groups excluding carboxylic acids is 1. The maximum absolute atomic E-state index is 11.7. The average molecular weight is 212 g/mol. The second kappa shape index (κ2) is 3.19. The van der Waals surface area contributed by atoms with Crippen LogP contribution in [0.2, 0.25) is 0 Å². The fourth-order valence-electron chi connectivity index (χ4n) is 3.41. The predicted octanol–water partition coefficient (Wildman–Crippen LogP) is 1.09. The standard InChI is InChI=1S/C11H16O4/c1-13-10(12)9-7-4-6-14-11(7)5-2-3-8(9)15-11/h7-9H,2-6H2,1H3/t7-,8+,9-,11-/m1/s1. The Morgan fingerprint density at radius 3 is 3.13 bits per heavy atom. The minimum Gasteiger partial charge on any atom is -0.469 e. The number of ether oxygens (including phenoxy) is 3. The zero-order valence-corrected chi connectivity index (χ0v) is 8.90. The van der Waals surface area contributed by atoms with Gasteiger partial charge >= 0.3 is 5.97 Å². The van der Waals surface area contributed by atoms with Crippen LogP contribution in [-0.2, 0) is 19.0 Å². The van der Waals surface area contributed by atoms with Gasteiger partial charge in [0.2, 0.25) is 0 Å². The monoisotopic (exact) mass is 212 g/mol. The molecule has 3 heterocycles. The van der Waals surface area contributed by atoms with Crippen molar-refractivity contribution < 1.29 is 19.0 Å². The molecule has 3 aliphatic rings. The Morgan fingerprint density at radius 2 is 2.33 bits per heavy atom. The first-order valence-electron chi connectivity index (χ1n) is 5.66. The number of methoxy groups -OCH3 is 1. The molecule has 0 aromatic rings. The third kappa shape index (κ3) is 1.18. The molecule has 3 fully saturated rings. The Balaban J connectivity index is 1.92. The van der Waals surface area contributed by atoms with Crippen molar-refractivity contribution in [3.8, 4) is 0 Å². The van der Waals surface area contributed by atoms with Crippen molar-refractivity contribution >= 4 is 5.97 Å². The van der Waals surface area contributed by atoms with Crippen LogP contribution in [0.3, 0.4) is 0 Å². The van der Waals surface area contributed by atoms with E-state index in [0.717, 1.165) is 25.7 Å². The van der Waals surface area contributed by atoms with Crippen LogP contribution in [-0.4, -0.2) is 31.6 Å². The topological polar surface area (TPSA) is 44.8 Å². The lowest BCUT2D eigenvalue weighted by atomic mass is 9.85. The molecule has 0 amide bonds. The van der Waals surface area contributed by atoms with Crippen LogP contribution in [0.4, 0.5) is 0 Å². The smallest absolute Gasteiger partial charge is 0.311 e. The minimum atomic E-state index is -0.443. The summed E-state index contributed by atoms with van der Waals surface area (Å²) in [7, 11) is 1.45. The van der Waals surface area contributed by atoms with Crippen LogP contribution in [0.1, 0.15) is 25.7 Å². The van der Waals surface area contributed by atoms with Gasteiger partial charge in [0, 0.05) is 12.3 Å². The van der Waals surface area contributed by atoms with E-state index in [-0.39, 0.29) is 23.9 Å². The first kappa shape index (κ1) is 9.60. The Morgan fingerprint density at radius 1 is 1.47 bits per heavy atom. The molecule has 0 aromatic heterocycles. The lowest BCUT2D eigenvalue weighted by molar-refractivity contribution is -0.234. The zero-order valence-electron chi connectivity index (χ0n) is 8.90. The molecule has 0 saturated carbocycles. The highest BCUT2D eigenvalue weighted by Gasteiger charge is 2.62. The fourth-order valence-corrected chi connectivity index (χ4v) is 3.41. The molecule has 0 unspecified atom stereocenters. The maximum Gasteiger partial charge on any atom is 0.311 e. The van der Waals surface area contributed by atoms with E-state index in [1.54, 1.807) is 0 Å². The van der Waals surface area contributed by atoms with Gasteiger partial charge in [-0.3, -0.25) is 4.79 Å². The SMILES string of the molecule is COC(=O)[C@H]1[C@@H]2CCC[C@@]3(OCC[C@H]13)O2. The van der Waals surface area contributed by atoms with Crippen molar-refractivity contribution in [3.63, 3.8) is 0 Å². The van der Waals surface area contributed by atoms with Gasteiger partial charge in [-0.15, -0.1) is 0 Å². The summed E-state index contributed by atoms with van der Waals surface area (Å²) in [4.78, 5) is 11.7. The highest BCUT2D eigenvalue weighted by Crippen LogP contribution is 2.54. The van der Waals surface area contributed by atoms with Crippen molar-refractivity contribution in [2.24, 2.45) is 11.8 Å². The largest absolute Gasteiger partial charge is 0.469 e. The summed E-state index contributed by atoms with van der Waals surface area (Å²) >= 11 is 0. The van der Waals surface area contributed by atoms with Crippen molar-refractivity contribution in [1.82, 2.24) is 0 Å². The van der Waals surface area contributed by atoms with E-state index >= 15 is 0 Å². The number of rotatable bonds is 1. The highest BCUT2D eigenvalue weighted by atomic mass is 16.7. The summed E-state index contributed by atoms with van der Waals surface area (Å²) < 4.78 is 16.5. The number of fused-ring (bicyclic) bond motifs is 1. The normalized spacial score (nSPS) is 47.7. The van der Waals surface area contributed by atoms with Gasteiger partial charge in [0.25, 0.3) is 0 Å². The Hall–Kier alpha value is -0.610. The molecule has 0 aromatic carbocycles. The Kier molecular flexibility index (Phi) is 2.04. The summed E-state index contributed by atoms with van der Waals surface area (Å²) in [5.41, 5.74) is 0. The summed E-state index contributed by atoms with van der Waals surface area (Å²) in [5, 5.41) is 0. The molecule has 2 bridgehead atoms. The van der Waals surface area contributed by atoms with Crippen molar-refractivity contribution in [1.29, 1.82) is 0 Å². The van der Waals surface area contributed by atoms with Gasteiger partial charge in [0.1, 0.15) is 0 Å². The van der Waals surface area contributed by atoms with Crippen LogP contribution >= 0.6 is 0 Å². The van der Waals surface area contributed by atoms with Crippen LogP contribution in [0.25, 0.3) is 0 Å². The fraction of sp³-hybridized carbons (Fsp3) is 0.909. The average Bonchev–Trinajstić information content (AvgIpc) is 2.70. The Bertz CT molecular complexity index is 290. The van der Waals surface area contributed by atoms with Crippen molar-refractivity contribution in [2.45, 2.75) is 37.6 Å². The molecular weight excluding hydrogens is 196 g/mol. The summed E-state index contributed by atoms with van der Waals surface area (Å²) in [6.07, 6.45) is 3.94. The molecule has 4 nitrogen and oxygen atoms in total. The Labute approximate surface area is 88.9 Å². The summed E-state index contributed by atoms with van der Waals surface area (Å²) in [6, 6.07) is 0. The van der Waals surface area contributed by atoms with Gasteiger partial charge in [0.15, 0.2) is 5.79 Å². The van der Waals surface area contributed by atoms with E-state index < -0.39 is 5.79 Å². The van der Waals surface area contributed by atoms with E-state index in [2.05, 4.69) is 0 Å². The van der Waals surface area contributed by atoms with Crippen LogP contribution in [0.15, 0.2) is 0 Å². The predicted molar refractivity (Wildman–Crippen MR) is 51.0 cm³/mol. The van der Waals surface area contributed by atoms with Gasteiger partial charge in [-0.1, -0.05) is 0 Å². The molecule has 3 saturated heterocycles. The van der Waals surface area contributed by atoms with E-state index in [4.69, 9.17) is 14.2 Å². The van der Waals surface area contributed by atoms with Gasteiger partial charge in [-0.2, -0.15) is 0 Å². The number of carbonyl (C=O) groups is 1. The molecule has 3 aliphatic heterocycles. The molecular formula is C11H16O4. The second-order valence-electron chi connectivity index (χ2n) is 4.65. The maximum atomic E-state index is 11.7. The minimum absolute atomic E-state index is 0.0245. The lowest BCUT2D eigenvalue weighted by Gasteiger charge is -2.31. The molecule has 0 N–H and O–H groups in total. The zero-order chi connectivity index (χ0) is 10.5. The third-order valence-corrected chi connectivity index (χ3v) is 4.01. The van der Waals surface area contributed by atoms with Crippen molar-refractivity contribution in [3.05, 3.63) is 0 Å². The van der Waals surface area contributed by atoms with E-state index in [9.17, 15) is 4.79 Å². The van der Waals surface area contributed by atoms with E-state index in [0.29, 0.717) is 6.61 Å². The molecule has 84 valence electrons. The summed E-state index contributed by atoms with van der Waals surface area (Å²) in [5.74, 6) is -0.446. The third-order valence-electron chi connectivity index (χ3n) is 4.01. The van der Waals surface area contributed by atoms with Crippen LogP contribution in [0, 0.1) is 11.8 Å². The van der Waals surface area contributed by atoms with Crippen molar-refractivity contribution in [2.75, 3.05) is 13.7 Å². The second-order valence-corrected chi connectivity index (χ2v) is 4.65. The lowest BCUT2D eigenvalue weighted by Crippen LogP contribution is -2.36. The van der Waals surface area contributed by atoms with Gasteiger partial charge in [-0.25, -0.2) is 0 Å². The first-order valence-corrected chi connectivity index (χ1v) is 5.66. The van der Waals surface area contributed by atoms with E-state index in [1.807, 2.05) is 0 Å². The quantitative estimate of drug-likeness (QED) is 0.610. The molecule has 4 heteroatoms. The van der Waals surface area contributed by atoms with Gasteiger partial charge in [-0.05, 0) is 19.3 Å². The molecule has 15 heavy (non-hydrogen) atoms. The number of hydrogen-bond donors (Lipinski definition) is 0. The summed E-state index contributed by atoms with van der Waals surface area (Å²) in [6.45, 7) is 0.713. The molecule has 3 rings (SSSR count). The first-order chi connectivity index (χ1) is 7.27. The molecule has 4 atom stereocenters. The van der Waals surface area contributed by atoms with Gasteiger partial charge < -0.3 is 14.2 Å². The van der Waals surface area contributed by atoms with Gasteiger partial charge in [0.05, 0.1) is 25.7 Å². The molecule has 1 spiro atoms. The van der Waals surface area contributed by atoms with Crippen LogP contribution in [0.5, 0.6) is 0 Å². The number of esters is 1. The van der Waals surface area contributed by atoms with E-state index in [1.165, 1.54) is 7.11 Å². The highest BCUT2D eigenvalue weighted by molar-refractivity contribution is 5.74.